The van der Waals surface area contributed by atoms with Gasteiger partial charge in [-0.25, -0.2) is 4.39 Å². The fourth-order valence-electron chi connectivity index (χ4n) is 1.81. The van der Waals surface area contributed by atoms with E-state index in [1.54, 1.807) is 23.1 Å². The van der Waals surface area contributed by atoms with E-state index in [9.17, 15) is 9.18 Å². The average Bonchev–Trinajstić information content (AvgIpc) is 2.81. The summed E-state index contributed by atoms with van der Waals surface area (Å²) in [6.07, 6.45) is 5.12. The van der Waals surface area contributed by atoms with E-state index in [2.05, 4.69) is 0 Å². The van der Waals surface area contributed by atoms with Crippen molar-refractivity contribution in [1.82, 2.24) is 4.90 Å². The Morgan fingerprint density at radius 2 is 1.94 bits per heavy atom. The number of halogens is 1. The lowest BCUT2D eigenvalue weighted by Gasteiger charge is -2.11. The van der Waals surface area contributed by atoms with Gasteiger partial charge in [0.25, 0.3) is 0 Å². The van der Waals surface area contributed by atoms with E-state index >= 15 is 0 Å². The summed E-state index contributed by atoms with van der Waals surface area (Å²) in [5, 5.41) is 0. The SMILES string of the molecule is O=C(/C=C/c1ccccc1F)N1CCCC1. The molecule has 0 aliphatic carbocycles. The summed E-state index contributed by atoms with van der Waals surface area (Å²) in [6, 6.07) is 6.43. The van der Waals surface area contributed by atoms with Crippen LogP contribution in [0.25, 0.3) is 6.08 Å². The summed E-state index contributed by atoms with van der Waals surface area (Å²) in [4.78, 5) is 13.4. The maximum absolute atomic E-state index is 13.2. The van der Waals surface area contributed by atoms with Gasteiger partial charge in [-0.2, -0.15) is 0 Å². The second-order valence-corrected chi connectivity index (χ2v) is 3.89. The van der Waals surface area contributed by atoms with Crippen molar-refractivity contribution >= 4 is 12.0 Å². The molecule has 0 radical (unpaired) electrons. The van der Waals surface area contributed by atoms with Gasteiger partial charge in [-0.1, -0.05) is 18.2 Å². The first-order valence-electron chi connectivity index (χ1n) is 5.49. The van der Waals surface area contributed by atoms with Gasteiger partial charge in [-0.05, 0) is 25.0 Å². The molecule has 1 aromatic rings. The van der Waals surface area contributed by atoms with Crippen molar-refractivity contribution in [2.45, 2.75) is 12.8 Å². The zero-order chi connectivity index (χ0) is 11.4. The van der Waals surface area contributed by atoms with Crippen molar-refractivity contribution in [3.63, 3.8) is 0 Å². The highest BCUT2D eigenvalue weighted by atomic mass is 19.1. The Morgan fingerprint density at radius 3 is 2.62 bits per heavy atom. The molecule has 2 rings (SSSR count). The van der Waals surface area contributed by atoms with Gasteiger partial charge < -0.3 is 4.90 Å². The van der Waals surface area contributed by atoms with Crippen LogP contribution in [0.3, 0.4) is 0 Å². The van der Waals surface area contributed by atoms with Crippen LogP contribution < -0.4 is 0 Å². The quantitative estimate of drug-likeness (QED) is 0.700. The number of carbonyl (C=O) groups is 1. The molecule has 0 atom stereocenters. The standard InChI is InChI=1S/C13H14FNO/c14-12-6-2-1-5-11(12)7-8-13(16)15-9-3-4-10-15/h1-2,5-8H,3-4,9-10H2/b8-7+. The van der Waals surface area contributed by atoms with E-state index in [4.69, 9.17) is 0 Å². The van der Waals surface area contributed by atoms with Crippen LogP contribution in [-0.2, 0) is 4.79 Å². The van der Waals surface area contributed by atoms with E-state index in [1.165, 1.54) is 18.2 Å². The highest BCUT2D eigenvalue weighted by molar-refractivity contribution is 5.91. The number of carbonyl (C=O) groups excluding carboxylic acids is 1. The largest absolute Gasteiger partial charge is 0.339 e. The van der Waals surface area contributed by atoms with Crippen LogP contribution in [0.5, 0.6) is 0 Å². The Morgan fingerprint density at radius 1 is 1.25 bits per heavy atom. The van der Waals surface area contributed by atoms with E-state index in [1.807, 2.05) is 0 Å². The van der Waals surface area contributed by atoms with Crippen molar-refractivity contribution in [3.8, 4) is 0 Å². The Hall–Kier alpha value is -1.64. The molecule has 0 aromatic heterocycles. The molecule has 0 N–H and O–H groups in total. The fourth-order valence-corrected chi connectivity index (χ4v) is 1.81. The Kier molecular flexibility index (Phi) is 3.34. The predicted molar refractivity (Wildman–Crippen MR) is 61.2 cm³/mol. The lowest BCUT2D eigenvalue weighted by atomic mass is 10.2. The zero-order valence-electron chi connectivity index (χ0n) is 9.03. The molecule has 0 spiro atoms. The molecule has 2 nitrogen and oxygen atoms in total. The minimum absolute atomic E-state index is 0.0271. The van der Waals surface area contributed by atoms with Gasteiger partial charge in [0.2, 0.25) is 5.91 Å². The van der Waals surface area contributed by atoms with Crippen molar-refractivity contribution < 1.29 is 9.18 Å². The monoisotopic (exact) mass is 219 g/mol. The number of benzene rings is 1. The normalized spacial score (nSPS) is 15.9. The molecule has 1 heterocycles. The molecule has 0 bridgehead atoms. The summed E-state index contributed by atoms with van der Waals surface area (Å²) in [7, 11) is 0. The number of rotatable bonds is 2. The first-order valence-corrected chi connectivity index (χ1v) is 5.49. The lowest BCUT2D eigenvalue weighted by Crippen LogP contribution is -2.25. The second kappa shape index (κ2) is 4.92. The Balaban J connectivity index is 2.03. The van der Waals surface area contributed by atoms with Gasteiger partial charge >= 0.3 is 0 Å². The molecule has 1 aliphatic heterocycles. The molecule has 1 amide bonds. The molecular weight excluding hydrogens is 205 g/mol. The highest BCUT2D eigenvalue weighted by Crippen LogP contribution is 2.11. The number of hydrogen-bond acceptors (Lipinski definition) is 1. The third-order valence-corrected chi connectivity index (χ3v) is 2.73. The molecule has 16 heavy (non-hydrogen) atoms. The molecule has 1 aliphatic rings. The smallest absolute Gasteiger partial charge is 0.246 e. The Bertz CT molecular complexity index is 408. The minimum Gasteiger partial charge on any atom is -0.339 e. The lowest BCUT2D eigenvalue weighted by molar-refractivity contribution is -0.124. The maximum atomic E-state index is 13.2. The van der Waals surface area contributed by atoms with E-state index in [0.29, 0.717) is 5.56 Å². The molecule has 1 fully saturated rings. The van der Waals surface area contributed by atoms with Crippen LogP contribution in [0, 0.1) is 5.82 Å². The van der Waals surface area contributed by atoms with Crippen LogP contribution in [0.15, 0.2) is 30.3 Å². The minimum atomic E-state index is -0.298. The number of nitrogens with zero attached hydrogens (tertiary/aromatic N) is 1. The van der Waals surface area contributed by atoms with Gasteiger partial charge in [0.05, 0.1) is 0 Å². The number of hydrogen-bond donors (Lipinski definition) is 0. The van der Waals surface area contributed by atoms with Crippen LogP contribution >= 0.6 is 0 Å². The molecule has 3 heteroatoms. The van der Waals surface area contributed by atoms with Crippen LogP contribution in [0.4, 0.5) is 4.39 Å². The third kappa shape index (κ3) is 2.48. The fraction of sp³-hybridized carbons (Fsp3) is 0.308. The van der Waals surface area contributed by atoms with E-state index in [-0.39, 0.29) is 11.7 Å². The molecule has 1 saturated heterocycles. The summed E-state index contributed by atoms with van der Waals surface area (Å²) in [5.41, 5.74) is 0.454. The van der Waals surface area contributed by atoms with Gasteiger partial charge in [-0.15, -0.1) is 0 Å². The van der Waals surface area contributed by atoms with Crippen molar-refractivity contribution in [1.29, 1.82) is 0 Å². The second-order valence-electron chi connectivity index (χ2n) is 3.89. The van der Waals surface area contributed by atoms with Gasteiger partial charge in [-0.3, -0.25) is 4.79 Å². The summed E-state index contributed by atoms with van der Waals surface area (Å²) in [5.74, 6) is -0.325. The number of amides is 1. The first-order chi connectivity index (χ1) is 7.77. The van der Waals surface area contributed by atoms with Gasteiger partial charge in [0.15, 0.2) is 0 Å². The van der Waals surface area contributed by atoms with Gasteiger partial charge in [0.1, 0.15) is 5.82 Å². The van der Waals surface area contributed by atoms with Gasteiger partial charge in [0, 0.05) is 24.7 Å². The van der Waals surface area contributed by atoms with Crippen molar-refractivity contribution in [2.75, 3.05) is 13.1 Å². The topological polar surface area (TPSA) is 20.3 Å². The highest BCUT2D eigenvalue weighted by Gasteiger charge is 2.15. The summed E-state index contributed by atoms with van der Waals surface area (Å²) in [6.45, 7) is 1.64. The molecule has 84 valence electrons. The van der Waals surface area contributed by atoms with Crippen LogP contribution in [0.1, 0.15) is 18.4 Å². The summed E-state index contributed by atoms with van der Waals surface area (Å²) >= 11 is 0. The van der Waals surface area contributed by atoms with E-state index in [0.717, 1.165) is 25.9 Å². The van der Waals surface area contributed by atoms with E-state index < -0.39 is 0 Å². The average molecular weight is 219 g/mol. The maximum Gasteiger partial charge on any atom is 0.246 e. The molecular formula is C13H14FNO. The van der Waals surface area contributed by atoms with Crippen LogP contribution in [-0.4, -0.2) is 23.9 Å². The number of likely N-dealkylation sites (tertiary alicyclic amines) is 1. The first kappa shape index (κ1) is 10.9. The van der Waals surface area contributed by atoms with Crippen molar-refractivity contribution in [2.24, 2.45) is 0 Å². The summed E-state index contributed by atoms with van der Waals surface area (Å²) < 4.78 is 13.2. The molecule has 0 saturated carbocycles. The third-order valence-electron chi connectivity index (χ3n) is 2.73. The zero-order valence-corrected chi connectivity index (χ0v) is 9.03. The van der Waals surface area contributed by atoms with Crippen LogP contribution in [0.2, 0.25) is 0 Å². The van der Waals surface area contributed by atoms with Crippen molar-refractivity contribution in [3.05, 3.63) is 41.7 Å². The molecule has 0 unspecified atom stereocenters. The predicted octanol–water partition coefficient (Wildman–Crippen LogP) is 2.46. The Labute approximate surface area is 94.4 Å². The molecule has 1 aromatic carbocycles.